The van der Waals surface area contributed by atoms with Crippen molar-refractivity contribution < 1.29 is 18.3 Å². The monoisotopic (exact) mass is 339 g/mol. The van der Waals surface area contributed by atoms with Crippen LogP contribution in [0.3, 0.4) is 0 Å². The number of sulfonamides is 1. The number of hydrogen-bond acceptors (Lipinski definition) is 3. The van der Waals surface area contributed by atoms with Crippen molar-refractivity contribution in [3.8, 4) is 0 Å². The molecule has 0 heterocycles. The number of carbonyl (C=O) groups is 1. The van der Waals surface area contributed by atoms with Crippen molar-refractivity contribution in [2.45, 2.75) is 24.7 Å². The van der Waals surface area contributed by atoms with Gasteiger partial charge in [-0.15, -0.1) is 0 Å². The maximum absolute atomic E-state index is 12.0. The number of nitrogens with one attached hydrogen (secondary N) is 1. The summed E-state index contributed by atoms with van der Waals surface area (Å²) in [5, 5.41) is 9.37. The third kappa shape index (κ3) is 4.94. The third-order valence-corrected chi connectivity index (χ3v) is 4.49. The van der Waals surface area contributed by atoms with Crippen LogP contribution in [-0.2, 0) is 14.8 Å². The van der Waals surface area contributed by atoms with Crippen LogP contribution in [0.25, 0.3) is 0 Å². The highest BCUT2D eigenvalue weighted by Crippen LogP contribution is 2.22. The summed E-state index contributed by atoms with van der Waals surface area (Å²) in [6, 6.07) is 3.93. The van der Waals surface area contributed by atoms with Gasteiger partial charge in [0.05, 0.1) is 10.8 Å². The number of carboxylic acids is 1. The van der Waals surface area contributed by atoms with Crippen LogP contribution in [-0.4, -0.2) is 26.0 Å². The van der Waals surface area contributed by atoms with Crippen LogP contribution in [0.4, 0.5) is 0 Å². The van der Waals surface area contributed by atoms with Gasteiger partial charge in [-0.25, -0.2) is 13.1 Å². The molecule has 2 N–H and O–H groups in total. The normalized spacial score (nSPS) is 13.2. The molecule has 20 heavy (non-hydrogen) atoms. The maximum Gasteiger partial charge on any atom is 0.307 e. The number of hydrogen-bond donors (Lipinski definition) is 2. The van der Waals surface area contributed by atoms with Gasteiger partial charge in [-0.05, 0) is 24.6 Å². The average Bonchev–Trinajstić information content (AvgIpc) is 2.32. The summed E-state index contributed by atoms with van der Waals surface area (Å²) in [5.41, 5.74) is 0. The number of carboxylic acid groups (broad SMARTS) is 1. The van der Waals surface area contributed by atoms with Crippen LogP contribution >= 0.6 is 23.2 Å². The Hall–Kier alpha value is -0.820. The fourth-order valence-corrected chi connectivity index (χ4v) is 3.45. The van der Waals surface area contributed by atoms with E-state index in [4.69, 9.17) is 28.3 Å². The molecule has 8 heteroatoms. The summed E-state index contributed by atoms with van der Waals surface area (Å²) in [4.78, 5) is 10.9. The first-order valence-corrected chi connectivity index (χ1v) is 8.18. The molecule has 0 aromatic heterocycles. The van der Waals surface area contributed by atoms with E-state index in [1.54, 1.807) is 0 Å². The van der Waals surface area contributed by atoms with E-state index >= 15 is 0 Å². The SMILES string of the molecule is CCCC(CNS(=O)(=O)c1cc(Cl)cc(Cl)c1)C(=O)O. The van der Waals surface area contributed by atoms with E-state index in [1.807, 2.05) is 6.92 Å². The van der Waals surface area contributed by atoms with Gasteiger partial charge in [-0.3, -0.25) is 4.79 Å². The lowest BCUT2D eigenvalue weighted by Gasteiger charge is -2.13. The number of rotatable bonds is 7. The van der Waals surface area contributed by atoms with Crippen molar-refractivity contribution in [2.75, 3.05) is 6.54 Å². The molecule has 0 saturated heterocycles. The fourth-order valence-electron chi connectivity index (χ4n) is 1.64. The Morgan fingerprint density at radius 3 is 2.30 bits per heavy atom. The summed E-state index contributed by atoms with van der Waals surface area (Å²) in [6.45, 7) is 1.66. The first-order chi connectivity index (χ1) is 9.26. The van der Waals surface area contributed by atoms with Gasteiger partial charge in [0.2, 0.25) is 10.0 Å². The van der Waals surface area contributed by atoms with Crippen molar-refractivity contribution >= 4 is 39.2 Å². The molecule has 1 aromatic rings. The average molecular weight is 340 g/mol. The Morgan fingerprint density at radius 2 is 1.85 bits per heavy atom. The molecule has 1 aromatic carbocycles. The van der Waals surface area contributed by atoms with Gasteiger partial charge in [0.1, 0.15) is 0 Å². The van der Waals surface area contributed by atoms with E-state index in [-0.39, 0.29) is 21.5 Å². The molecule has 0 aliphatic heterocycles. The van der Waals surface area contributed by atoms with Crippen LogP contribution < -0.4 is 4.72 Å². The molecule has 1 atom stereocenters. The van der Waals surface area contributed by atoms with Crippen molar-refractivity contribution in [1.29, 1.82) is 0 Å². The van der Waals surface area contributed by atoms with Crippen LogP contribution in [0.5, 0.6) is 0 Å². The second-order valence-electron chi connectivity index (χ2n) is 4.28. The van der Waals surface area contributed by atoms with Gasteiger partial charge in [-0.2, -0.15) is 0 Å². The van der Waals surface area contributed by atoms with Crippen LogP contribution in [0.1, 0.15) is 19.8 Å². The predicted molar refractivity (Wildman–Crippen MR) is 77.7 cm³/mol. The minimum Gasteiger partial charge on any atom is -0.481 e. The van der Waals surface area contributed by atoms with E-state index in [1.165, 1.54) is 18.2 Å². The smallest absolute Gasteiger partial charge is 0.307 e. The molecule has 0 saturated carbocycles. The van der Waals surface area contributed by atoms with Crippen molar-refractivity contribution in [2.24, 2.45) is 5.92 Å². The molecule has 5 nitrogen and oxygen atoms in total. The van der Waals surface area contributed by atoms with Crippen molar-refractivity contribution in [3.05, 3.63) is 28.2 Å². The van der Waals surface area contributed by atoms with Gasteiger partial charge in [0, 0.05) is 16.6 Å². The molecule has 0 spiro atoms. The van der Waals surface area contributed by atoms with Crippen LogP contribution in [0, 0.1) is 5.92 Å². The molecule has 112 valence electrons. The second-order valence-corrected chi connectivity index (χ2v) is 6.92. The summed E-state index contributed by atoms with van der Waals surface area (Å²) in [6.07, 6.45) is 1.05. The second kappa shape index (κ2) is 7.26. The molecular weight excluding hydrogens is 325 g/mol. The van der Waals surface area contributed by atoms with Gasteiger partial charge >= 0.3 is 5.97 Å². The molecule has 0 amide bonds. The van der Waals surface area contributed by atoms with E-state index in [2.05, 4.69) is 4.72 Å². The Bertz CT molecular complexity index is 569. The minimum atomic E-state index is -3.83. The molecular formula is C12H15Cl2NO4S. The standard InChI is InChI=1S/C12H15Cl2NO4S/c1-2-3-8(12(16)17)7-15-20(18,19)11-5-9(13)4-10(14)6-11/h4-6,8,15H,2-3,7H2,1H3,(H,16,17). The molecule has 0 aliphatic rings. The predicted octanol–water partition coefficient (Wildman–Crippen LogP) is 2.77. The maximum atomic E-state index is 12.0. The third-order valence-electron chi connectivity index (χ3n) is 2.65. The van der Waals surface area contributed by atoms with Crippen molar-refractivity contribution in [3.63, 3.8) is 0 Å². The zero-order chi connectivity index (χ0) is 15.3. The first kappa shape index (κ1) is 17.2. The quantitative estimate of drug-likeness (QED) is 0.799. The zero-order valence-electron chi connectivity index (χ0n) is 10.8. The lowest BCUT2D eigenvalue weighted by atomic mass is 10.1. The summed E-state index contributed by atoms with van der Waals surface area (Å²) in [7, 11) is -3.83. The molecule has 1 unspecified atom stereocenters. The summed E-state index contributed by atoms with van der Waals surface area (Å²) < 4.78 is 26.4. The number of aliphatic carboxylic acids is 1. The van der Waals surface area contributed by atoms with Gasteiger partial charge in [0.25, 0.3) is 0 Å². The number of halogens is 2. The topological polar surface area (TPSA) is 83.5 Å². The van der Waals surface area contributed by atoms with Gasteiger partial charge in [0.15, 0.2) is 0 Å². The lowest BCUT2D eigenvalue weighted by Crippen LogP contribution is -2.33. The van der Waals surface area contributed by atoms with E-state index in [0.717, 1.165) is 0 Å². The molecule has 0 radical (unpaired) electrons. The van der Waals surface area contributed by atoms with E-state index in [9.17, 15) is 13.2 Å². The van der Waals surface area contributed by atoms with Gasteiger partial charge in [-0.1, -0.05) is 36.5 Å². The van der Waals surface area contributed by atoms with Gasteiger partial charge < -0.3 is 5.11 Å². The molecule has 0 bridgehead atoms. The summed E-state index contributed by atoms with van der Waals surface area (Å²) >= 11 is 11.5. The summed E-state index contributed by atoms with van der Waals surface area (Å²) in [5.74, 6) is -1.79. The number of benzene rings is 1. The van der Waals surface area contributed by atoms with Crippen molar-refractivity contribution in [1.82, 2.24) is 4.72 Å². The Labute approximate surface area is 127 Å². The minimum absolute atomic E-state index is 0.0874. The zero-order valence-corrected chi connectivity index (χ0v) is 13.1. The largest absolute Gasteiger partial charge is 0.481 e. The molecule has 0 aliphatic carbocycles. The van der Waals surface area contributed by atoms with E-state index < -0.39 is 21.9 Å². The highest BCUT2D eigenvalue weighted by atomic mass is 35.5. The highest BCUT2D eigenvalue weighted by Gasteiger charge is 2.21. The molecule has 1 rings (SSSR count). The van der Waals surface area contributed by atoms with Crippen LogP contribution in [0.2, 0.25) is 10.0 Å². The Morgan fingerprint density at radius 1 is 1.30 bits per heavy atom. The molecule has 0 fully saturated rings. The Balaban J connectivity index is 2.86. The fraction of sp³-hybridized carbons (Fsp3) is 0.417. The van der Waals surface area contributed by atoms with Crippen LogP contribution in [0.15, 0.2) is 23.1 Å². The lowest BCUT2D eigenvalue weighted by molar-refractivity contribution is -0.141. The first-order valence-electron chi connectivity index (χ1n) is 5.95. The van der Waals surface area contributed by atoms with E-state index in [0.29, 0.717) is 12.8 Å². The Kier molecular flexibility index (Phi) is 6.26. The highest BCUT2D eigenvalue weighted by molar-refractivity contribution is 7.89.